The van der Waals surface area contributed by atoms with Crippen molar-refractivity contribution in [3.63, 3.8) is 0 Å². The molecule has 10 nitrogen and oxygen atoms in total. The van der Waals surface area contributed by atoms with Gasteiger partial charge in [-0.1, -0.05) is 6.07 Å². The number of amides is 1. The molecule has 0 atom stereocenters. The van der Waals surface area contributed by atoms with Crippen molar-refractivity contribution in [3.8, 4) is 5.75 Å². The molecule has 2 heterocycles. The molecule has 0 aliphatic heterocycles. The van der Waals surface area contributed by atoms with E-state index in [1.54, 1.807) is 42.1 Å². The quantitative estimate of drug-likeness (QED) is 0.198. The van der Waals surface area contributed by atoms with Gasteiger partial charge in [0.2, 0.25) is 0 Å². The number of non-ortho nitro benzene ring substituents is 1. The molecule has 1 aliphatic carbocycles. The van der Waals surface area contributed by atoms with E-state index in [9.17, 15) is 14.9 Å². The van der Waals surface area contributed by atoms with Gasteiger partial charge in [-0.3, -0.25) is 20.3 Å². The van der Waals surface area contributed by atoms with Gasteiger partial charge in [-0.25, -0.2) is 9.97 Å². The maximum absolute atomic E-state index is 12.1. The van der Waals surface area contributed by atoms with Crippen molar-refractivity contribution in [3.05, 3.63) is 81.0 Å². The number of anilines is 2. The maximum atomic E-state index is 12.1. The zero-order valence-corrected chi connectivity index (χ0v) is 20.0. The van der Waals surface area contributed by atoms with Crippen LogP contribution in [0.1, 0.15) is 28.8 Å². The van der Waals surface area contributed by atoms with Gasteiger partial charge in [0.1, 0.15) is 16.9 Å². The van der Waals surface area contributed by atoms with E-state index in [0.717, 1.165) is 28.6 Å². The number of benzene rings is 2. The van der Waals surface area contributed by atoms with Crippen molar-refractivity contribution in [1.29, 1.82) is 0 Å². The van der Waals surface area contributed by atoms with Crippen molar-refractivity contribution in [1.82, 2.24) is 9.97 Å². The predicted octanol–water partition coefficient (Wildman–Crippen LogP) is 4.94. The number of ether oxygens (including phenoxy) is 1. The summed E-state index contributed by atoms with van der Waals surface area (Å²) in [4.78, 5) is 33.7. The number of carbonyl (C=O) groups is 1. The molecule has 0 unspecified atom stereocenters. The Morgan fingerprint density at radius 2 is 2.00 bits per heavy atom. The molecule has 4 aromatic rings. The summed E-state index contributed by atoms with van der Waals surface area (Å²) in [5.74, 6) is 0.805. The van der Waals surface area contributed by atoms with Crippen LogP contribution in [0.25, 0.3) is 10.2 Å². The van der Waals surface area contributed by atoms with Crippen molar-refractivity contribution >= 4 is 50.9 Å². The molecule has 0 fully saturated rings. The van der Waals surface area contributed by atoms with E-state index >= 15 is 0 Å². The Labute approximate surface area is 210 Å². The third kappa shape index (κ3) is 5.31. The van der Waals surface area contributed by atoms with Gasteiger partial charge in [-0.15, -0.1) is 11.3 Å². The van der Waals surface area contributed by atoms with Crippen LogP contribution in [0.4, 0.5) is 17.2 Å². The molecule has 182 valence electrons. The minimum Gasteiger partial charge on any atom is -0.484 e. The van der Waals surface area contributed by atoms with Crippen LogP contribution in [0, 0.1) is 10.1 Å². The Morgan fingerprint density at radius 3 is 2.83 bits per heavy atom. The van der Waals surface area contributed by atoms with Crippen molar-refractivity contribution in [2.45, 2.75) is 25.7 Å². The molecule has 11 heteroatoms. The lowest BCUT2D eigenvalue weighted by Gasteiger charge is -2.11. The summed E-state index contributed by atoms with van der Waals surface area (Å²) in [6.45, 7) is -0.230. The number of aryl methyl sites for hydroxylation is 2. The van der Waals surface area contributed by atoms with Crippen LogP contribution < -0.4 is 15.5 Å². The third-order valence-electron chi connectivity index (χ3n) is 5.73. The summed E-state index contributed by atoms with van der Waals surface area (Å²) in [6.07, 6.45) is 7.79. The Hall–Kier alpha value is -4.38. The summed E-state index contributed by atoms with van der Waals surface area (Å²) < 4.78 is 5.52. The number of nitrogens with zero attached hydrogens (tertiary/aromatic N) is 4. The smallest absolute Gasteiger partial charge is 0.271 e. The van der Waals surface area contributed by atoms with Crippen molar-refractivity contribution in [2.75, 3.05) is 17.3 Å². The molecule has 2 N–H and O–H groups in total. The second-order valence-corrected chi connectivity index (χ2v) is 9.28. The average Bonchev–Trinajstić information content (AvgIpc) is 3.28. The molecular weight excluding hydrogens is 480 g/mol. The number of hydrogen-bond acceptors (Lipinski definition) is 9. The summed E-state index contributed by atoms with van der Waals surface area (Å²) >= 11 is 1.74. The molecule has 2 aromatic carbocycles. The van der Waals surface area contributed by atoms with Gasteiger partial charge in [-0.2, -0.15) is 5.10 Å². The van der Waals surface area contributed by atoms with Gasteiger partial charge >= 0.3 is 0 Å². The molecule has 5 rings (SSSR count). The number of nitrogens with one attached hydrogen (secondary N) is 2. The third-order valence-corrected chi connectivity index (χ3v) is 6.93. The molecule has 1 aliphatic rings. The highest BCUT2D eigenvalue weighted by Crippen LogP contribution is 2.38. The fourth-order valence-corrected chi connectivity index (χ4v) is 5.27. The van der Waals surface area contributed by atoms with E-state index in [2.05, 4.69) is 25.8 Å². The first kappa shape index (κ1) is 23.4. The lowest BCUT2D eigenvalue weighted by Crippen LogP contribution is -2.20. The summed E-state index contributed by atoms with van der Waals surface area (Å²) in [6, 6.07) is 12.8. The molecular formula is C25H22N6O4S. The zero-order valence-electron chi connectivity index (χ0n) is 19.1. The normalized spacial score (nSPS) is 12.9. The standard InChI is InChI=1S/C25H22N6O4S/c32-22(29-17-4-3-5-18(12-17)31(33)34)14-35-19-10-8-16(9-11-19)13-28-30-24-23-20-6-1-2-7-21(20)36-25(23)27-15-26-24/h3-5,8-13,15H,1-2,6-7,14H2,(H,29,32)(H,26,27,30)/b28-13+. The number of carbonyl (C=O) groups excluding carboxylic acids is 1. The Kier molecular flexibility index (Phi) is 6.80. The lowest BCUT2D eigenvalue weighted by atomic mass is 9.97. The number of aromatic nitrogens is 2. The van der Waals surface area contributed by atoms with Crippen LogP contribution in [0.2, 0.25) is 0 Å². The van der Waals surface area contributed by atoms with Crippen LogP contribution in [-0.2, 0) is 17.6 Å². The van der Waals surface area contributed by atoms with Gasteiger partial charge in [0.15, 0.2) is 12.4 Å². The fraction of sp³-hybridized carbons (Fsp3) is 0.200. The van der Waals surface area contributed by atoms with E-state index in [-0.39, 0.29) is 12.3 Å². The number of nitro benzene ring substituents is 1. The highest BCUT2D eigenvalue weighted by Gasteiger charge is 2.19. The van der Waals surface area contributed by atoms with Gasteiger partial charge in [0.05, 0.1) is 16.5 Å². The molecule has 0 saturated carbocycles. The van der Waals surface area contributed by atoms with E-state index in [0.29, 0.717) is 17.3 Å². The molecule has 0 bridgehead atoms. The fourth-order valence-electron chi connectivity index (χ4n) is 4.04. The molecule has 2 aromatic heterocycles. The number of thiophene rings is 1. The number of rotatable bonds is 8. The number of hydrogen-bond donors (Lipinski definition) is 2. The van der Waals surface area contributed by atoms with Crippen molar-refractivity contribution < 1.29 is 14.5 Å². The van der Waals surface area contributed by atoms with E-state index in [1.165, 1.54) is 41.5 Å². The Balaban J connectivity index is 1.16. The summed E-state index contributed by atoms with van der Waals surface area (Å²) in [5, 5.41) is 18.9. The van der Waals surface area contributed by atoms with Crippen LogP contribution in [0.5, 0.6) is 5.75 Å². The van der Waals surface area contributed by atoms with Gasteiger partial charge in [0.25, 0.3) is 11.6 Å². The van der Waals surface area contributed by atoms with Crippen LogP contribution in [0.15, 0.2) is 60.0 Å². The monoisotopic (exact) mass is 502 g/mol. The highest BCUT2D eigenvalue weighted by molar-refractivity contribution is 7.19. The maximum Gasteiger partial charge on any atom is 0.271 e. The van der Waals surface area contributed by atoms with E-state index < -0.39 is 10.8 Å². The van der Waals surface area contributed by atoms with Gasteiger partial charge < -0.3 is 10.1 Å². The lowest BCUT2D eigenvalue weighted by molar-refractivity contribution is -0.384. The second-order valence-electron chi connectivity index (χ2n) is 8.20. The van der Waals surface area contributed by atoms with Gasteiger partial charge in [0, 0.05) is 22.7 Å². The molecule has 0 radical (unpaired) electrons. The number of hydrazone groups is 1. The zero-order chi connectivity index (χ0) is 24.9. The summed E-state index contributed by atoms with van der Waals surface area (Å²) in [5.41, 5.74) is 5.48. The first-order valence-corrected chi connectivity index (χ1v) is 12.2. The largest absolute Gasteiger partial charge is 0.484 e. The first-order valence-electron chi connectivity index (χ1n) is 11.4. The topological polar surface area (TPSA) is 132 Å². The van der Waals surface area contributed by atoms with Crippen LogP contribution in [-0.4, -0.2) is 33.6 Å². The Morgan fingerprint density at radius 1 is 1.17 bits per heavy atom. The highest BCUT2D eigenvalue weighted by atomic mass is 32.1. The second kappa shape index (κ2) is 10.5. The SMILES string of the molecule is O=C(COc1ccc(/C=N/Nc2ncnc3sc4c(c23)CCCC4)cc1)Nc1cccc([N+](=O)[O-])c1. The molecule has 0 saturated heterocycles. The predicted molar refractivity (Wildman–Crippen MR) is 139 cm³/mol. The first-order chi connectivity index (χ1) is 17.6. The summed E-state index contributed by atoms with van der Waals surface area (Å²) in [7, 11) is 0. The van der Waals surface area contributed by atoms with Crippen LogP contribution >= 0.6 is 11.3 Å². The average molecular weight is 503 g/mol. The molecule has 1 amide bonds. The Bertz CT molecular complexity index is 1450. The van der Waals surface area contributed by atoms with Gasteiger partial charge in [-0.05, 0) is 67.1 Å². The van der Waals surface area contributed by atoms with E-state index in [4.69, 9.17) is 4.74 Å². The minimum absolute atomic E-state index is 0.0979. The van der Waals surface area contributed by atoms with E-state index in [1.807, 2.05) is 12.1 Å². The number of fused-ring (bicyclic) bond motifs is 3. The minimum atomic E-state index is -0.518. The molecule has 36 heavy (non-hydrogen) atoms. The van der Waals surface area contributed by atoms with Crippen molar-refractivity contribution in [2.24, 2.45) is 5.10 Å². The number of nitro groups is 1. The van der Waals surface area contributed by atoms with Crippen LogP contribution in [0.3, 0.4) is 0 Å². The molecule has 0 spiro atoms.